The SMILES string of the molecule is C1CCOC1.C1CCOC1.C[Si](C)([N-][Si](C)(C)c1ccccc1)c1ccccc1.C[Si](C)([N-][Si](C)(C)c1ccccc1)c1ccccc1.[Cr+2]. The Morgan fingerprint density at radius 1 is 0.347 bits per heavy atom. The Hall–Kier alpha value is -1.88. The average molecular weight is 765 g/mol. The summed E-state index contributed by atoms with van der Waals surface area (Å²) < 4.78 is 20.6. The van der Waals surface area contributed by atoms with Gasteiger partial charge in [0.15, 0.2) is 0 Å². The molecule has 4 aromatic rings. The summed E-state index contributed by atoms with van der Waals surface area (Å²) in [6, 6.07) is 43.1. The van der Waals surface area contributed by atoms with Crippen molar-refractivity contribution in [2.75, 3.05) is 26.4 Å². The Balaban J connectivity index is 0.000000260. The van der Waals surface area contributed by atoms with Crippen LogP contribution >= 0.6 is 0 Å². The molecule has 2 saturated heterocycles. The van der Waals surface area contributed by atoms with Crippen molar-refractivity contribution in [2.24, 2.45) is 0 Å². The van der Waals surface area contributed by atoms with Crippen LogP contribution in [0, 0.1) is 0 Å². The van der Waals surface area contributed by atoms with Gasteiger partial charge in [-0.2, -0.15) is 0 Å². The van der Waals surface area contributed by atoms with Crippen LogP contribution in [0.1, 0.15) is 25.7 Å². The molecule has 49 heavy (non-hydrogen) atoms. The molecule has 2 aliphatic rings. The third-order valence-electron chi connectivity index (χ3n) is 8.69. The fraction of sp³-hybridized carbons (Fsp3) is 0.400. The predicted octanol–water partition coefficient (Wildman–Crippen LogP) is 8.76. The number of ether oxygens (including phenoxy) is 2. The number of hydrogen-bond acceptors (Lipinski definition) is 2. The smallest absolute Gasteiger partial charge is 0.660 e. The first-order chi connectivity index (χ1) is 22.8. The molecule has 2 aliphatic heterocycles. The standard InChI is InChI=1S/2C16H22NSi2.2C4H8O.Cr/c2*1-18(2,15-11-7-5-8-12-15)17-19(3,4)16-13-9-6-10-14-16;2*1-2-4-5-3-1;/h2*5-14H,1-4H3;2*1-4H2;/q2*-1;;;+2. The third kappa shape index (κ3) is 15.5. The fourth-order valence-electron chi connectivity index (χ4n) is 6.06. The fourth-order valence-corrected chi connectivity index (χ4v) is 23.3. The topological polar surface area (TPSA) is 46.7 Å². The first-order valence-corrected chi connectivity index (χ1v) is 29.5. The number of nitrogens with zero attached hydrogens (tertiary/aromatic N) is 2. The second-order valence-electron chi connectivity index (χ2n) is 14.6. The van der Waals surface area contributed by atoms with Crippen molar-refractivity contribution in [3.63, 3.8) is 0 Å². The first kappa shape index (κ1) is 43.3. The molecule has 0 saturated carbocycles. The van der Waals surface area contributed by atoms with E-state index in [1.54, 1.807) is 0 Å². The Bertz CT molecular complexity index is 1190. The maximum Gasteiger partial charge on any atom is 2.00 e. The van der Waals surface area contributed by atoms with Gasteiger partial charge in [0.25, 0.3) is 0 Å². The molecule has 6 rings (SSSR count). The molecule has 0 amide bonds. The van der Waals surface area contributed by atoms with E-state index in [0.717, 1.165) is 26.4 Å². The zero-order valence-electron chi connectivity index (χ0n) is 31.3. The molecule has 0 unspecified atom stereocenters. The van der Waals surface area contributed by atoms with Gasteiger partial charge in [-0.05, 0) is 58.6 Å². The minimum atomic E-state index is -1.71. The molecule has 9 heteroatoms. The van der Waals surface area contributed by atoms with Gasteiger partial charge < -0.3 is 18.8 Å². The van der Waals surface area contributed by atoms with Crippen LogP contribution in [0.5, 0.6) is 0 Å². The Morgan fingerprint density at radius 3 is 0.673 bits per heavy atom. The Morgan fingerprint density at radius 2 is 0.531 bits per heavy atom. The number of benzene rings is 4. The summed E-state index contributed by atoms with van der Waals surface area (Å²) >= 11 is 0. The van der Waals surface area contributed by atoms with Crippen LogP contribution < -0.4 is 20.7 Å². The number of rotatable bonds is 8. The van der Waals surface area contributed by atoms with E-state index in [0.29, 0.717) is 0 Å². The van der Waals surface area contributed by atoms with Gasteiger partial charge in [0, 0.05) is 26.4 Å². The maximum atomic E-state index is 5.36. The van der Waals surface area contributed by atoms with Gasteiger partial charge in [-0.1, -0.05) is 194 Å². The van der Waals surface area contributed by atoms with Crippen LogP contribution in [0.3, 0.4) is 0 Å². The van der Waals surface area contributed by atoms with Crippen LogP contribution in [-0.4, -0.2) is 59.4 Å². The Kier molecular flexibility index (Phi) is 19.0. The molecule has 0 spiro atoms. The van der Waals surface area contributed by atoms with Gasteiger partial charge in [0.1, 0.15) is 0 Å². The monoisotopic (exact) mass is 764 g/mol. The van der Waals surface area contributed by atoms with E-state index in [1.807, 2.05) is 0 Å². The molecular weight excluding hydrogens is 705 g/mol. The van der Waals surface area contributed by atoms with E-state index in [-0.39, 0.29) is 17.4 Å². The van der Waals surface area contributed by atoms with Crippen molar-refractivity contribution in [1.29, 1.82) is 0 Å². The minimum absolute atomic E-state index is 0. The molecule has 264 valence electrons. The van der Waals surface area contributed by atoms with Crippen LogP contribution in [0.2, 0.25) is 52.4 Å². The van der Waals surface area contributed by atoms with Crippen molar-refractivity contribution in [1.82, 2.24) is 0 Å². The molecule has 0 N–H and O–H groups in total. The normalized spacial score (nSPS) is 14.5. The summed E-state index contributed by atoms with van der Waals surface area (Å²) in [6.45, 7) is 22.8. The summed E-state index contributed by atoms with van der Waals surface area (Å²) in [4.78, 5) is 0. The summed E-state index contributed by atoms with van der Waals surface area (Å²) in [6.07, 6.45) is 5.11. The largest absolute Gasteiger partial charge is 2.00 e. The first-order valence-electron chi connectivity index (χ1n) is 17.7. The molecule has 0 aliphatic carbocycles. The van der Waals surface area contributed by atoms with Gasteiger partial charge in [-0.15, -0.1) is 0 Å². The molecule has 2 fully saturated rings. The van der Waals surface area contributed by atoms with Crippen LogP contribution in [0.15, 0.2) is 121 Å². The van der Waals surface area contributed by atoms with E-state index in [1.165, 1.54) is 46.4 Å². The van der Waals surface area contributed by atoms with E-state index in [4.69, 9.17) is 18.8 Å². The van der Waals surface area contributed by atoms with Crippen molar-refractivity contribution >= 4 is 53.7 Å². The summed E-state index contributed by atoms with van der Waals surface area (Å²) in [5.74, 6) is 0. The second kappa shape index (κ2) is 21.5. The summed E-state index contributed by atoms with van der Waals surface area (Å²) in [5, 5.41) is 5.69. The molecular formula is C40H60CrN2O2Si4. The van der Waals surface area contributed by atoms with Gasteiger partial charge in [-0.25, -0.2) is 0 Å². The summed E-state index contributed by atoms with van der Waals surface area (Å²) in [7, 11) is -6.84. The van der Waals surface area contributed by atoms with Crippen molar-refractivity contribution in [3.05, 3.63) is 131 Å². The van der Waals surface area contributed by atoms with Gasteiger partial charge in [0.2, 0.25) is 0 Å². The molecule has 4 aromatic carbocycles. The van der Waals surface area contributed by atoms with E-state index in [9.17, 15) is 0 Å². The molecule has 2 heterocycles. The third-order valence-corrected chi connectivity index (χ3v) is 24.6. The minimum Gasteiger partial charge on any atom is -0.660 e. The molecule has 0 aromatic heterocycles. The Labute approximate surface area is 313 Å². The molecule has 0 atom stereocenters. The quantitative estimate of drug-likeness (QED) is 0.169. The average Bonchev–Trinajstić information content (AvgIpc) is 3.87. The second-order valence-corrected chi connectivity index (χ2v) is 31.1. The van der Waals surface area contributed by atoms with E-state index >= 15 is 0 Å². The molecule has 0 bridgehead atoms. The van der Waals surface area contributed by atoms with Crippen LogP contribution in [0.4, 0.5) is 0 Å². The van der Waals surface area contributed by atoms with Crippen molar-refractivity contribution in [3.8, 4) is 0 Å². The maximum absolute atomic E-state index is 5.36. The van der Waals surface area contributed by atoms with Gasteiger partial charge in [-0.3, -0.25) is 0 Å². The zero-order valence-corrected chi connectivity index (χ0v) is 36.6. The summed E-state index contributed by atoms with van der Waals surface area (Å²) in [5.41, 5.74) is 0. The van der Waals surface area contributed by atoms with Crippen molar-refractivity contribution in [2.45, 2.75) is 78.1 Å². The molecule has 4 nitrogen and oxygen atoms in total. The van der Waals surface area contributed by atoms with Crippen LogP contribution in [0.25, 0.3) is 9.30 Å². The van der Waals surface area contributed by atoms with Crippen molar-refractivity contribution < 1.29 is 26.8 Å². The molecule has 0 radical (unpaired) electrons. The van der Waals surface area contributed by atoms with Gasteiger partial charge in [0.05, 0.1) is 0 Å². The van der Waals surface area contributed by atoms with Gasteiger partial charge >= 0.3 is 17.4 Å². The zero-order chi connectivity index (χ0) is 34.9. The van der Waals surface area contributed by atoms with E-state index < -0.39 is 32.9 Å². The predicted molar refractivity (Wildman–Crippen MR) is 221 cm³/mol. The van der Waals surface area contributed by atoms with Crippen LogP contribution in [-0.2, 0) is 26.8 Å². The van der Waals surface area contributed by atoms with E-state index in [2.05, 4.69) is 174 Å². The number of hydrogen-bond donors (Lipinski definition) is 0.